The van der Waals surface area contributed by atoms with Crippen LogP contribution in [0.5, 0.6) is 0 Å². The third-order valence-corrected chi connectivity index (χ3v) is 8.80. The van der Waals surface area contributed by atoms with E-state index in [2.05, 4.69) is 105 Å². The Morgan fingerprint density at radius 1 is 0.683 bits per heavy atom. The largest absolute Gasteiger partial charge is 0.355 e. The van der Waals surface area contributed by atoms with Crippen LogP contribution in [0.25, 0.3) is 52.4 Å². The second-order valence-electron chi connectivity index (χ2n) is 11.2. The number of H-pyrrole nitrogens is 2. The molecular weight excluding hydrogens is 500 g/mol. The first-order valence-corrected chi connectivity index (χ1v) is 15.6. The lowest BCUT2D eigenvalue weighted by molar-refractivity contribution is 0.642. The smallest absolute Gasteiger partial charge is 0.0693 e. The van der Waals surface area contributed by atoms with Crippen molar-refractivity contribution in [3.05, 3.63) is 81.6 Å². The highest BCUT2D eigenvalue weighted by atomic mass is 14.8. The van der Waals surface area contributed by atoms with Gasteiger partial charge in [0.05, 0.1) is 22.8 Å². The average Bonchev–Trinajstić information content (AvgIpc) is 3.81. The molecule has 212 valence electrons. The van der Waals surface area contributed by atoms with Crippen LogP contribution in [-0.2, 0) is 6.42 Å². The number of rotatable bonds is 10. The van der Waals surface area contributed by atoms with Crippen molar-refractivity contribution in [3.63, 3.8) is 0 Å². The summed E-state index contributed by atoms with van der Waals surface area (Å²) in [6.07, 6.45) is 18.2. The average molecular weight is 545 g/mol. The maximum absolute atomic E-state index is 5.31. The molecule has 5 rings (SSSR count). The molecule has 0 unspecified atom stereocenters. The van der Waals surface area contributed by atoms with Crippen LogP contribution in [0, 0.1) is 0 Å². The van der Waals surface area contributed by atoms with Crippen molar-refractivity contribution >= 4 is 52.4 Å². The number of fused-ring (bicyclic) bond motifs is 8. The summed E-state index contributed by atoms with van der Waals surface area (Å²) in [7, 11) is 0. The predicted molar refractivity (Wildman–Crippen MR) is 178 cm³/mol. The topological polar surface area (TPSA) is 57.4 Å². The molecule has 3 aromatic rings. The Bertz CT molecular complexity index is 1570. The Hall–Kier alpha value is -3.88. The Balaban J connectivity index is 1.99. The number of hydrogen-bond donors (Lipinski definition) is 2. The zero-order chi connectivity index (χ0) is 28.9. The fraction of sp³-hybridized carbons (Fsp3) is 0.378. The van der Waals surface area contributed by atoms with E-state index >= 15 is 0 Å². The standard InChI is InChI=1S/C37H44N4/c1-7-13-15-27-30-18-22-34(40-30)36(24(9-3)10-4)32-20-16-28(38-32)26(14-8-2)29-17-21-33(39-29)37(25(11-5)12-6)35-23-19-31(27)41-35/h14,16-25,38-39H,2,7,9-13,15H2,1,3-6H3. The minimum atomic E-state index is 0.401. The van der Waals surface area contributed by atoms with Crippen LogP contribution in [0.2, 0.25) is 0 Å². The summed E-state index contributed by atoms with van der Waals surface area (Å²) in [6.45, 7) is 15.2. The zero-order valence-electron chi connectivity index (χ0n) is 25.4. The van der Waals surface area contributed by atoms with E-state index in [1.54, 1.807) is 0 Å². The molecule has 2 N–H and O–H groups in total. The Kier molecular flexibility index (Phi) is 8.90. The van der Waals surface area contributed by atoms with E-state index in [4.69, 9.17) is 9.97 Å². The molecular formula is C37H44N4. The molecule has 4 heteroatoms. The van der Waals surface area contributed by atoms with Crippen LogP contribution in [0.3, 0.4) is 0 Å². The van der Waals surface area contributed by atoms with Gasteiger partial charge in [0.25, 0.3) is 0 Å². The van der Waals surface area contributed by atoms with E-state index in [1.807, 2.05) is 6.08 Å². The normalized spacial score (nSPS) is 12.5. The van der Waals surface area contributed by atoms with Crippen LogP contribution in [0.1, 0.15) is 130 Å². The zero-order valence-corrected chi connectivity index (χ0v) is 25.4. The number of nitrogens with one attached hydrogen (secondary N) is 2. The molecule has 3 aromatic heterocycles. The van der Waals surface area contributed by atoms with Crippen LogP contribution < -0.4 is 0 Å². The van der Waals surface area contributed by atoms with E-state index in [0.29, 0.717) is 11.8 Å². The van der Waals surface area contributed by atoms with E-state index in [1.165, 1.54) is 16.7 Å². The maximum Gasteiger partial charge on any atom is 0.0693 e. The predicted octanol–water partition coefficient (Wildman–Crippen LogP) is 10.6. The van der Waals surface area contributed by atoms with E-state index < -0.39 is 0 Å². The fourth-order valence-corrected chi connectivity index (χ4v) is 6.45. The minimum Gasteiger partial charge on any atom is -0.355 e. The van der Waals surface area contributed by atoms with Crippen LogP contribution in [0.4, 0.5) is 0 Å². The molecule has 0 atom stereocenters. The van der Waals surface area contributed by atoms with Gasteiger partial charge in [-0.2, -0.15) is 0 Å². The molecule has 2 aliphatic heterocycles. The second-order valence-corrected chi connectivity index (χ2v) is 11.2. The van der Waals surface area contributed by atoms with Gasteiger partial charge in [-0.15, -0.1) is 5.73 Å². The molecule has 8 bridgehead atoms. The van der Waals surface area contributed by atoms with Crippen LogP contribution >= 0.6 is 0 Å². The second kappa shape index (κ2) is 12.7. The van der Waals surface area contributed by atoms with E-state index in [-0.39, 0.29) is 0 Å². The summed E-state index contributed by atoms with van der Waals surface area (Å²) in [5.74, 6) is 0.803. The lowest BCUT2D eigenvalue weighted by atomic mass is 9.92. The highest BCUT2D eigenvalue weighted by Gasteiger charge is 2.21. The van der Waals surface area contributed by atoms with Gasteiger partial charge < -0.3 is 9.97 Å². The summed E-state index contributed by atoms with van der Waals surface area (Å²) in [6, 6.07) is 8.78. The summed E-state index contributed by atoms with van der Waals surface area (Å²) < 4.78 is 0. The van der Waals surface area contributed by atoms with Gasteiger partial charge in [0.1, 0.15) is 0 Å². The number of hydrogen-bond acceptors (Lipinski definition) is 2. The summed E-state index contributed by atoms with van der Waals surface area (Å²) in [5.41, 5.74) is 16.4. The van der Waals surface area contributed by atoms with Gasteiger partial charge in [-0.1, -0.05) is 47.6 Å². The third-order valence-electron chi connectivity index (χ3n) is 8.80. The molecule has 4 nitrogen and oxygen atoms in total. The molecule has 5 heterocycles. The van der Waals surface area contributed by atoms with Crippen molar-refractivity contribution in [1.82, 2.24) is 19.9 Å². The summed E-state index contributed by atoms with van der Waals surface area (Å²) in [4.78, 5) is 18.2. The number of nitrogens with zero attached hydrogens (tertiary/aromatic N) is 2. The van der Waals surface area contributed by atoms with Crippen molar-refractivity contribution < 1.29 is 0 Å². The van der Waals surface area contributed by atoms with Gasteiger partial charge in [-0.25, -0.2) is 9.97 Å². The van der Waals surface area contributed by atoms with Crippen molar-refractivity contribution in [3.8, 4) is 0 Å². The molecule has 0 saturated carbocycles. The molecule has 0 radical (unpaired) electrons. The molecule has 0 saturated heterocycles. The molecule has 0 spiro atoms. The SMILES string of the molecule is C=C=Cc1c2ccc([nH]2)c(C(CC)CC)c2nc(c(CCCC)c3nc(c(C(CC)CC)c4ccc1[nH]4)C=C3)C=C2. The maximum atomic E-state index is 5.31. The van der Waals surface area contributed by atoms with E-state index in [9.17, 15) is 0 Å². The first kappa shape index (κ1) is 28.6. The van der Waals surface area contributed by atoms with Gasteiger partial charge in [-0.05, 0) is 105 Å². The lowest BCUT2D eigenvalue weighted by Crippen LogP contribution is -2.01. The monoisotopic (exact) mass is 544 g/mol. The highest BCUT2D eigenvalue weighted by Crippen LogP contribution is 2.35. The van der Waals surface area contributed by atoms with Crippen LogP contribution in [0.15, 0.2) is 36.6 Å². The minimum absolute atomic E-state index is 0.401. The van der Waals surface area contributed by atoms with Crippen molar-refractivity contribution in [2.45, 2.75) is 91.4 Å². The first-order chi connectivity index (χ1) is 20.1. The molecule has 0 aromatic carbocycles. The Morgan fingerprint density at radius 3 is 1.54 bits per heavy atom. The molecule has 0 fully saturated rings. The number of unbranched alkanes of at least 4 members (excludes halogenated alkanes) is 1. The third kappa shape index (κ3) is 5.54. The highest BCUT2D eigenvalue weighted by molar-refractivity contribution is 5.87. The number of aromatic nitrogens is 4. The van der Waals surface area contributed by atoms with Gasteiger partial charge in [0.2, 0.25) is 0 Å². The van der Waals surface area contributed by atoms with Crippen molar-refractivity contribution in [2.75, 3.05) is 0 Å². The van der Waals surface area contributed by atoms with Crippen molar-refractivity contribution in [1.29, 1.82) is 0 Å². The van der Waals surface area contributed by atoms with E-state index in [0.717, 1.165) is 95.4 Å². The van der Waals surface area contributed by atoms with Gasteiger partial charge >= 0.3 is 0 Å². The van der Waals surface area contributed by atoms with Gasteiger partial charge in [-0.3, -0.25) is 0 Å². The first-order valence-electron chi connectivity index (χ1n) is 15.6. The molecule has 0 amide bonds. The number of aromatic amines is 2. The molecule has 41 heavy (non-hydrogen) atoms. The quantitative estimate of drug-likeness (QED) is 0.172. The lowest BCUT2D eigenvalue weighted by Gasteiger charge is -2.14. The Labute approximate surface area is 245 Å². The van der Waals surface area contributed by atoms with Gasteiger partial charge in [0, 0.05) is 44.3 Å². The summed E-state index contributed by atoms with van der Waals surface area (Å²) >= 11 is 0. The fourth-order valence-electron chi connectivity index (χ4n) is 6.45. The molecule has 2 aliphatic rings. The van der Waals surface area contributed by atoms with Crippen LogP contribution in [-0.4, -0.2) is 19.9 Å². The van der Waals surface area contributed by atoms with Crippen molar-refractivity contribution in [2.24, 2.45) is 0 Å². The molecule has 0 aliphatic carbocycles. The van der Waals surface area contributed by atoms with Gasteiger partial charge in [0.15, 0.2) is 0 Å². The Morgan fingerprint density at radius 2 is 1.12 bits per heavy atom. The summed E-state index contributed by atoms with van der Waals surface area (Å²) in [5, 5.41) is 0.